The highest BCUT2D eigenvalue weighted by molar-refractivity contribution is 5.79. The highest BCUT2D eigenvalue weighted by Gasteiger charge is 2.09. The molecule has 0 fully saturated rings. The number of halogens is 1. The third kappa shape index (κ3) is 3.10. The summed E-state index contributed by atoms with van der Waals surface area (Å²) in [7, 11) is 1.58. The molecule has 3 nitrogen and oxygen atoms in total. The molecule has 19 heavy (non-hydrogen) atoms. The van der Waals surface area contributed by atoms with E-state index < -0.39 is 5.82 Å². The molecule has 98 valence electrons. The molecule has 0 spiro atoms. The zero-order valence-electron chi connectivity index (χ0n) is 10.4. The molecular formula is C15H13FO3. The van der Waals surface area contributed by atoms with Gasteiger partial charge in [0.1, 0.15) is 12.4 Å². The van der Waals surface area contributed by atoms with E-state index in [1.165, 1.54) is 18.2 Å². The van der Waals surface area contributed by atoms with Gasteiger partial charge in [-0.05, 0) is 29.8 Å². The summed E-state index contributed by atoms with van der Waals surface area (Å²) in [5.74, 6) is 0.176. The molecule has 2 aromatic carbocycles. The molecule has 0 aromatic heterocycles. The summed E-state index contributed by atoms with van der Waals surface area (Å²) in [4.78, 5) is 10.8. The fraction of sp³-hybridized carbons (Fsp3) is 0.133. The summed E-state index contributed by atoms with van der Waals surface area (Å²) in [5.41, 5.74) is 1.06. The van der Waals surface area contributed by atoms with Crippen molar-refractivity contribution in [1.29, 1.82) is 0 Å². The maximum Gasteiger partial charge on any atom is 0.165 e. The maximum absolute atomic E-state index is 13.6. The topological polar surface area (TPSA) is 35.5 Å². The van der Waals surface area contributed by atoms with Gasteiger partial charge in [-0.2, -0.15) is 0 Å². The minimum absolute atomic E-state index is 0.0201. The molecule has 0 amide bonds. The molecule has 4 heteroatoms. The number of rotatable bonds is 5. The van der Waals surface area contributed by atoms with Crippen molar-refractivity contribution in [1.82, 2.24) is 0 Å². The molecule has 0 atom stereocenters. The van der Waals surface area contributed by atoms with E-state index in [9.17, 15) is 9.18 Å². The van der Waals surface area contributed by atoms with Gasteiger partial charge in [-0.1, -0.05) is 18.2 Å². The molecular weight excluding hydrogens is 247 g/mol. The maximum atomic E-state index is 13.6. The van der Waals surface area contributed by atoms with Crippen LogP contribution in [-0.4, -0.2) is 13.4 Å². The Labute approximate surface area is 110 Å². The Morgan fingerprint density at radius 1 is 1.16 bits per heavy atom. The third-order valence-corrected chi connectivity index (χ3v) is 2.67. The van der Waals surface area contributed by atoms with E-state index >= 15 is 0 Å². The minimum atomic E-state index is -0.543. The van der Waals surface area contributed by atoms with Crippen molar-refractivity contribution in [3.8, 4) is 11.5 Å². The number of hydrogen-bond donors (Lipinski definition) is 0. The standard InChI is InChI=1S/C15H13FO3/c1-18-13-7-5-11(6-8-13)10-19-15-12(9-17)3-2-4-14(15)16/h2-9H,10H2,1H3. The average Bonchev–Trinajstić information content (AvgIpc) is 2.46. The van der Waals surface area contributed by atoms with E-state index in [-0.39, 0.29) is 17.9 Å². The van der Waals surface area contributed by atoms with Gasteiger partial charge in [0.15, 0.2) is 17.9 Å². The van der Waals surface area contributed by atoms with Gasteiger partial charge in [-0.15, -0.1) is 0 Å². The monoisotopic (exact) mass is 260 g/mol. The van der Waals surface area contributed by atoms with Crippen molar-refractivity contribution in [2.45, 2.75) is 6.61 Å². The van der Waals surface area contributed by atoms with Crippen LogP contribution in [0.4, 0.5) is 4.39 Å². The molecule has 0 aliphatic heterocycles. The molecule has 0 aliphatic carbocycles. The van der Waals surface area contributed by atoms with E-state index in [1.54, 1.807) is 19.2 Å². The fourth-order valence-electron chi connectivity index (χ4n) is 1.65. The van der Waals surface area contributed by atoms with E-state index in [0.29, 0.717) is 6.29 Å². The Bertz CT molecular complexity index is 564. The van der Waals surface area contributed by atoms with Crippen molar-refractivity contribution in [2.24, 2.45) is 0 Å². The second-order valence-corrected chi connectivity index (χ2v) is 3.91. The highest BCUT2D eigenvalue weighted by atomic mass is 19.1. The summed E-state index contributed by atoms with van der Waals surface area (Å²) in [6.45, 7) is 0.186. The smallest absolute Gasteiger partial charge is 0.165 e. The minimum Gasteiger partial charge on any atom is -0.497 e. The number of carbonyl (C=O) groups excluding carboxylic acids is 1. The first-order chi connectivity index (χ1) is 9.24. The number of methoxy groups -OCH3 is 1. The van der Waals surface area contributed by atoms with Crippen LogP contribution >= 0.6 is 0 Å². The number of aldehydes is 1. The molecule has 0 radical (unpaired) electrons. The summed E-state index contributed by atoms with van der Waals surface area (Å²) in [6.07, 6.45) is 0.576. The third-order valence-electron chi connectivity index (χ3n) is 2.67. The first-order valence-electron chi connectivity index (χ1n) is 5.74. The quantitative estimate of drug-likeness (QED) is 0.774. The molecule has 2 rings (SSSR count). The van der Waals surface area contributed by atoms with Gasteiger partial charge >= 0.3 is 0 Å². The van der Waals surface area contributed by atoms with Gasteiger partial charge < -0.3 is 9.47 Å². The van der Waals surface area contributed by atoms with Crippen molar-refractivity contribution in [2.75, 3.05) is 7.11 Å². The van der Waals surface area contributed by atoms with Crippen LogP contribution in [0.25, 0.3) is 0 Å². The van der Waals surface area contributed by atoms with Crippen LogP contribution in [0.15, 0.2) is 42.5 Å². The predicted molar refractivity (Wildman–Crippen MR) is 69.1 cm³/mol. The summed E-state index contributed by atoms with van der Waals surface area (Å²) in [6, 6.07) is 11.5. The fourth-order valence-corrected chi connectivity index (χ4v) is 1.65. The Morgan fingerprint density at radius 2 is 1.89 bits per heavy atom. The molecule has 0 heterocycles. The first-order valence-corrected chi connectivity index (χ1v) is 5.74. The Kier molecular flexibility index (Phi) is 4.13. The lowest BCUT2D eigenvalue weighted by atomic mass is 10.2. The molecule has 2 aromatic rings. The Balaban J connectivity index is 2.11. The Morgan fingerprint density at radius 3 is 2.53 bits per heavy atom. The largest absolute Gasteiger partial charge is 0.497 e. The van der Waals surface area contributed by atoms with E-state index in [4.69, 9.17) is 9.47 Å². The van der Waals surface area contributed by atoms with Gasteiger partial charge in [-0.3, -0.25) is 4.79 Å². The van der Waals surface area contributed by atoms with E-state index in [2.05, 4.69) is 0 Å². The summed E-state index contributed by atoms with van der Waals surface area (Å²) >= 11 is 0. The van der Waals surface area contributed by atoms with Gasteiger partial charge in [-0.25, -0.2) is 4.39 Å². The highest BCUT2D eigenvalue weighted by Crippen LogP contribution is 2.22. The lowest BCUT2D eigenvalue weighted by molar-refractivity contribution is 0.111. The lowest BCUT2D eigenvalue weighted by Crippen LogP contribution is -2.00. The van der Waals surface area contributed by atoms with Crippen molar-refractivity contribution in [3.63, 3.8) is 0 Å². The SMILES string of the molecule is COc1ccc(COc2c(F)cccc2C=O)cc1. The van der Waals surface area contributed by atoms with Crippen LogP contribution < -0.4 is 9.47 Å². The number of benzene rings is 2. The van der Waals surface area contributed by atoms with Crippen LogP contribution in [0.1, 0.15) is 15.9 Å². The van der Waals surface area contributed by atoms with Crippen LogP contribution in [-0.2, 0) is 6.61 Å². The van der Waals surface area contributed by atoms with Crippen molar-refractivity contribution in [3.05, 3.63) is 59.4 Å². The van der Waals surface area contributed by atoms with Crippen LogP contribution in [0, 0.1) is 5.82 Å². The second kappa shape index (κ2) is 6.00. The number of carbonyl (C=O) groups is 1. The van der Waals surface area contributed by atoms with E-state index in [0.717, 1.165) is 11.3 Å². The number of ether oxygens (including phenoxy) is 2. The molecule has 0 unspecified atom stereocenters. The van der Waals surface area contributed by atoms with Gasteiger partial charge in [0.05, 0.1) is 12.7 Å². The zero-order chi connectivity index (χ0) is 13.7. The summed E-state index contributed by atoms with van der Waals surface area (Å²) in [5, 5.41) is 0. The number of hydrogen-bond acceptors (Lipinski definition) is 3. The normalized spacial score (nSPS) is 10.0. The molecule has 0 N–H and O–H groups in total. The molecule has 0 aliphatic rings. The van der Waals surface area contributed by atoms with Crippen LogP contribution in [0.2, 0.25) is 0 Å². The molecule has 0 bridgehead atoms. The summed E-state index contributed by atoms with van der Waals surface area (Å²) < 4.78 is 24.0. The lowest BCUT2D eigenvalue weighted by Gasteiger charge is -2.09. The van der Waals surface area contributed by atoms with Gasteiger partial charge in [0, 0.05) is 0 Å². The van der Waals surface area contributed by atoms with Crippen molar-refractivity contribution < 1.29 is 18.7 Å². The zero-order valence-corrected chi connectivity index (χ0v) is 10.4. The Hall–Kier alpha value is -2.36. The van der Waals surface area contributed by atoms with Crippen LogP contribution in [0.3, 0.4) is 0 Å². The predicted octanol–water partition coefficient (Wildman–Crippen LogP) is 3.23. The van der Waals surface area contributed by atoms with Crippen molar-refractivity contribution >= 4 is 6.29 Å². The van der Waals surface area contributed by atoms with E-state index in [1.807, 2.05) is 12.1 Å². The first kappa shape index (κ1) is 13.1. The van der Waals surface area contributed by atoms with Crippen LogP contribution in [0.5, 0.6) is 11.5 Å². The molecule has 0 saturated heterocycles. The molecule has 0 saturated carbocycles. The average molecular weight is 260 g/mol. The van der Waals surface area contributed by atoms with Gasteiger partial charge in [0.25, 0.3) is 0 Å². The van der Waals surface area contributed by atoms with Gasteiger partial charge in [0.2, 0.25) is 0 Å². The second-order valence-electron chi connectivity index (χ2n) is 3.91. The number of para-hydroxylation sites is 1.